The van der Waals surface area contributed by atoms with Gasteiger partial charge in [-0.05, 0) is 58.0 Å². The summed E-state index contributed by atoms with van der Waals surface area (Å²) in [5.74, 6) is 0.0105. The van der Waals surface area contributed by atoms with Crippen LogP contribution in [0.1, 0.15) is 34.5 Å². The maximum absolute atomic E-state index is 12.6. The second kappa shape index (κ2) is 9.05. The molecule has 0 spiro atoms. The van der Waals surface area contributed by atoms with Crippen molar-refractivity contribution in [2.24, 2.45) is 0 Å². The first kappa shape index (κ1) is 20.8. The largest absolute Gasteiger partial charge is 0.323 e. The van der Waals surface area contributed by atoms with Crippen LogP contribution in [-0.2, 0) is 11.3 Å². The fraction of sp³-hybridized carbons (Fsp3) is 0.333. The van der Waals surface area contributed by atoms with Crippen LogP contribution in [-0.4, -0.2) is 34.2 Å². The zero-order valence-corrected chi connectivity index (χ0v) is 18.0. The summed E-state index contributed by atoms with van der Waals surface area (Å²) in [4.78, 5) is 14.7. The third-order valence-electron chi connectivity index (χ3n) is 5.22. The molecule has 0 unspecified atom stereocenters. The number of para-hydroxylation sites is 1. The van der Waals surface area contributed by atoms with E-state index < -0.39 is 0 Å². The topological polar surface area (TPSA) is 50.2 Å². The quantitative estimate of drug-likeness (QED) is 0.643. The minimum atomic E-state index is 0.0105. The molecule has 0 bridgehead atoms. The van der Waals surface area contributed by atoms with Crippen molar-refractivity contribution in [3.8, 4) is 5.69 Å². The van der Waals surface area contributed by atoms with Gasteiger partial charge in [0.25, 0.3) is 0 Å². The highest BCUT2D eigenvalue weighted by molar-refractivity contribution is 5.92. The molecule has 5 nitrogen and oxygen atoms in total. The molecule has 1 aromatic heterocycles. The van der Waals surface area contributed by atoms with Gasteiger partial charge in [0.2, 0.25) is 5.91 Å². The molecule has 1 amide bonds. The van der Waals surface area contributed by atoms with Crippen molar-refractivity contribution in [3.05, 3.63) is 76.6 Å². The molecule has 0 radical (unpaired) electrons. The molecular weight excluding hydrogens is 360 g/mol. The Balaban J connectivity index is 1.59. The average Bonchev–Trinajstić information content (AvgIpc) is 2.97. The van der Waals surface area contributed by atoms with Crippen LogP contribution in [0.2, 0.25) is 0 Å². The number of aromatic nitrogens is 2. The van der Waals surface area contributed by atoms with E-state index in [4.69, 9.17) is 0 Å². The van der Waals surface area contributed by atoms with E-state index in [1.165, 1.54) is 16.7 Å². The lowest BCUT2D eigenvalue weighted by Gasteiger charge is -2.18. The number of aryl methyl sites for hydroxylation is 3. The fourth-order valence-corrected chi connectivity index (χ4v) is 3.53. The van der Waals surface area contributed by atoms with Crippen LogP contribution in [0, 0.1) is 27.7 Å². The normalized spacial score (nSPS) is 11.1. The summed E-state index contributed by atoms with van der Waals surface area (Å²) in [7, 11) is 2.05. The maximum atomic E-state index is 12.6. The van der Waals surface area contributed by atoms with E-state index in [-0.39, 0.29) is 5.91 Å². The number of rotatable bonds is 7. The smallest absolute Gasteiger partial charge is 0.225 e. The van der Waals surface area contributed by atoms with Crippen LogP contribution in [0.3, 0.4) is 0 Å². The first-order chi connectivity index (χ1) is 13.8. The first-order valence-electron chi connectivity index (χ1n) is 10.0. The maximum Gasteiger partial charge on any atom is 0.225 e. The monoisotopic (exact) mass is 390 g/mol. The van der Waals surface area contributed by atoms with Crippen molar-refractivity contribution in [2.45, 2.75) is 40.7 Å². The Bertz CT molecular complexity index is 992. The molecule has 0 atom stereocenters. The predicted molar refractivity (Wildman–Crippen MR) is 119 cm³/mol. The van der Waals surface area contributed by atoms with Crippen molar-refractivity contribution in [2.75, 3.05) is 18.9 Å². The zero-order valence-electron chi connectivity index (χ0n) is 18.0. The van der Waals surface area contributed by atoms with Crippen molar-refractivity contribution >= 4 is 11.6 Å². The molecular formula is C24H30N4O. The van der Waals surface area contributed by atoms with Gasteiger partial charge in [-0.25, -0.2) is 4.68 Å². The molecule has 1 heterocycles. The Kier molecular flexibility index (Phi) is 6.49. The Labute approximate surface area is 173 Å². The van der Waals surface area contributed by atoms with E-state index in [0.717, 1.165) is 29.3 Å². The number of carbonyl (C=O) groups excluding carboxylic acids is 1. The minimum absolute atomic E-state index is 0.0105. The number of amides is 1. The van der Waals surface area contributed by atoms with Gasteiger partial charge in [0.1, 0.15) is 0 Å². The highest BCUT2D eigenvalue weighted by Crippen LogP contribution is 2.23. The van der Waals surface area contributed by atoms with Crippen molar-refractivity contribution in [3.63, 3.8) is 0 Å². The van der Waals surface area contributed by atoms with Crippen LogP contribution >= 0.6 is 0 Å². The molecule has 0 aliphatic heterocycles. The van der Waals surface area contributed by atoms with Crippen molar-refractivity contribution in [1.29, 1.82) is 0 Å². The summed E-state index contributed by atoms with van der Waals surface area (Å²) in [6.07, 6.45) is 0.441. The van der Waals surface area contributed by atoms with Crippen LogP contribution in [0.25, 0.3) is 5.69 Å². The molecule has 152 valence electrons. The van der Waals surface area contributed by atoms with Gasteiger partial charge >= 0.3 is 0 Å². The second-order valence-corrected chi connectivity index (χ2v) is 7.76. The van der Waals surface area contributed by atoms with E-state index in [0.29, 0.717) is 13.0 Å². The van der Waals surface area contributed by atoms with Crippen molar-refractivity contribution in [1.82, 2.24) is 14.7 Å². The summed E-state index contributed by atoms with van der Waals surface area (Å²) >= 11 is 0. The van der Waals surface area contributed by atoms with E-state index in [1.54, 1.807) is 0 Å². The van der Waals surface area contributed by atoms with E-state index in [1.807, 2.05) is 48.9 Å². The van der Waals surface area contributed by atoms with Gasteiger partial charge in [-0.15, -0.1) is 0 Å². The SMILES string of the molecule is Cc1ccc(CN(C)CCC(=O)Nc2c(C)nn(-c3ccccc3)c2C)c(C)c1. The Morgan fingerprint density at radius 1 is 1.07 bits per heavy atom. The number of hydrogen-bond acceptors (Lipinski definition) is 3. The summed E-state index contributed by atoms with van der Waals surface area (Å²) in [6, 6.07) is 16.5. The lowest BCUT2D eigenvalue weighted by molar-refractivity contribution is -0.116. The Morgan fingerprint density at radius 3 is 2.48 bits per heavy atom. The van der Waals surface area contributed by atoms with Gasteiger partial charge in [0.15, 0.2) is 0 Å². The molecule has 0 fully saturated rings. The molecule has 0 saturated carbocycles. The predicted octanol–water partition coefficient (Wildman–Crippen LogP) is 4.57. The summed E-state index contributed by atoms with van der Waals surface area (Å²) in [5, 5.41) is 7.65. The standard InChI is InChI=1S/C24H30N4O/c1-17-11-12-21(18(2)15-17)16-27(5)14-13-23(29)25-24-19(3)26-28(20(24)4)22-9-7-6-8-10-22/h6-12,15H,13-14,16H2,1-5H3,(H,25,29). The van der Waals surface area contributed by atoms with E-state index in [9.17, 15) is 4.79 Å². The number of anilines is 1. The number of carbonyl (C=O) groups is 1. The van der Waals surface area contributed by atoms with Gasteiger partial charge < -0.3 is 10.2 Å². The first-order valence-corrected chi connectivity index (χ1v) is 10.0. The molecule has 0 aliphatic carbocycles. The van der Waals surface area contributed by atoms with Crippen LogP contribution < -0.4 is 5.32 Å². The number of benzene rings is 2. The molecule has 0 aliphatic rings. The second-order valence-electron chi connectivity index (χ2n) is 7.76. The number of hydrogen-bond donors (Lipinski definition) is 1. The lowest BCUT2D eigenvalue weighted by Crippen LogP contribution is -2.24. The van der Waals surface area contributed by atoms with Gasteiger partial charge in [0.05, 0.1) is 22.8 Å². The number of nitrogens with zero attached hydrogens (tertiary/aromatic N) is 3. The highest BCUT2D eigenvalue weighted by atomic mass is 16.1. The fourth-order valence-electron chi connectivity index (χ4n) is 3.53. The van der Waals surface area contributed by atoms with Gasteiger partial charge in [-0.1, -0.05) is 42.0 Å². The Hall–Kier alpha value is -2.92. The highest BCUT2D eigenvalue weighted by Gasteiger charge is 2.15. The zero-order chi connectivity index (χ0) is 21.0. The molecule has 5 heteroatoms. The van der Waals surface area contributed by atoms with Gasteiger partial charge in [-0.2, -0.15) is 5.10 Å². The van der Waals surface area contributed by atoms with Crippen LogP contribution in [0.4, 0.5) is 5.69 Å². The molecule has 0 saturated heterocycles. The Morgan fingerprint density at radius 2 is 1.79 bits per heavy atom. The van der Waals surface area contributed by atoms with Gasteiger partial charge in [0, 0.05) is 19.5 Å². The van der Waals surface area contributed by atoms with E-state index in [2.05, 4.69) is 54.4 Å². The number of nitrogens with one attached hydrogen (secondary N) is 1. The van der Waals surface area contributed by atoms with Crippen LogP contribution in [0.5, 0.6) is 0 Å². The van der Waals surface area contributed by atoms with Crippen LogP contribution in [0.15, 0.2) is 48.5 Å². The molecule has 3 aromatic rings. The molecule has 2 aromatic carbocycles. The third-order valence-corrected chi connectivity index (χ3v) is 5.22. The molecule has 29 heavy (non-hydrogen) atoms. The summed E-state index contributed by atoms with van der Waals surface area (Å²) in [6.45, 7) is 9.68. The van der Waals surface area contributed by atoms with Gasteiger partial charge in [-0.3, -0.25) is 4.79 Å². The lowest BCUT2D eigenvalue weighted by atomic mass is 10.1. The van der Waals surface area contributed by atoms with Crippen molar-refractivity contribution < 1.29 is 4.79 Å². The third kappa shape index (κ3) is 5.12. The minimum Gasteiger partial charge on any atom is -0.323 e. The molecule has 3 rings (SSSR count). The summed E-state index contributed by atoms with van der Waals surface area (Å²) in [5.41, 5.74) is 7.41. The van der Waals surface area contributed by atoms with E-state index >= 15 is 0 Å². The molecule has 1 N–H and O–H groups in total. The average molecular weight is 391 g/mol. The summed E-state index contributed by atoms with van der Waals surface area (Å²) < 4.78 is 1.87.